The maximum atomic E-state index is 12.6. The predicted octanol–water partition coefficient (Wildman–Crippen LogP) is 2.58. The van der Waals surface area contributed by atoms with E-state index in [9.17, 15) is 14.7 Å². The molecule has 1 aromatic heterocycles. The lowest BCUT2D eigenvalue weighted by Crippen LogP contribution is -2.25. The molecule has 0 bridgehead atoms. The lowest BCUT2D eigenvalue weighted by Gasteiger charge is -2.13. The molecule has 1 unspecified atom stereocenters. The molecule has 2 aromatic carbocycles. The number of aliphatic hydroxyl groups excluding tert-OH is 1. The molecule has 0 saturated heterocycles. The number of pyridine rings is 1. The summed E-state index contributed by atoms with van der Waals surface area (Å²) >= 11 is 0. The number of anilines is 1. The zero-order valence-electron chi connectivity index (χ0n) is 16.6. The normalized spacial score (nSPS) is 11.9. The van der Waals surface area contributed by atoms with Crippen LogP contribution < -0.4 is 20.3 Å². The number of aliphatic hydroxyl groups is 1. The molecule has 3 rings (SSSR count). The maximum absolute atomic E-state index is 12.6. The van der Waals surface area contributed by atoms with Gasteiger partial charge in [-0.15, -0.1) is 0 Å². The van der Waals surface area contributed by atoms with Crippen LogP contribution in [0, 0.1) is 0 Å². The number of amides is 1. The molecule has 0 aliphatic heterocycles. The minimum absolute atomic E-state index is 0.114. The summed E-state index contributed by atoms with van der Waals surface area (Å²) in [4.78, 5) is 25.3. The molecular formula is C22H24N2O5. The maximum Gasteiger partial charge on any atom is 0.258 e. The highest BCUT2D eigenvalue weighted by Gasteiger charge is 2.13. The fraction of sp³-hybridized carbons (Fsp3) is 0.273. The van der Waals surface area contributed by atoms with Crippen LogP contribution in [0.5, 0.6) is 11.5 Å². The average Bonchev–Trinajstić information content (AvgIpc) is 2.70. The van der Waals surface area contributed by atoms with Crippen molar-refractivity contribution in [3.8, 4) is 11.5 Å². The van der Waals surface area contributed by atoms with Crippen molar-refractivity contribution < 1.29 is 19.4 Å². The van der Waals surface area contributed by atoms with Gasteiger partial charge < -0.3 is 24.5 Å². The zero-order valence-corrected chi connectivity index (χ0v) is 16.6. The molecule has 0 spiro atoms. The second-order valence-corrected chi connectivity index (χ2v) is 6.79. The quantitative estimate of drug-likeness (QED) is 0.641. The zero-order chi connectivity index (χ0) is 21.0. The molecule has 1 heterocycles. The minimum atomic E-state index is -0.632. The highest BCUT2D eigenvalue weighted by atomic mass is 16.5. The first-order valence-corrected chi connectivity index (χ1v) is 9.24. The molecule has 7 nitrogen and oxygen atoms in total. The highest BCUT2D eigenvalue weighted by molar-refractivity contribution is 6.02. The summed E-state index contributed by atoms with van der Waals surface area (Å²) in [6, 6.07) is 12.2. The van der Waals surface area contributed by atoms with Crippen molar-refractivity contribution in [1.82, 2.24) is 4.57 Å². The first kappa shape index (κ1) is 20.4. The van der Waals surface area contributed by atoms with Gasteiger partial charge in [-0.2, -0.15) is 0 Å². The highest BCUT2D eigenvalue weighted by Crippen LogP contribution is 2.26. The van der Waals surface area contributed by atoms with Gasteiger partial charge in [0.1, 0.15) is 11.5 Å². The number of hydrogen-bond donors (Lipinski definition) is 2. The smallest absolute Gasteiger partial charge is 0.258 e. The first-order chi connectivity index (χ1) is 13.9. The van der Waals surface area contributed by atoms with Gasteiger partial charge >= 0.3 is 0 Å². The number of nitrogens with one attached hydrogen (secondary N) is 1. The van der Waals surface area contributed by atoms with Gasteiger partial charge in [0.2, 0.25) is 5.91 Å². The van der Waals surface area contributed by atoms with Crippen molar-refractivity contribution in [2.45, 2.75) is 26.0 Å². The first-order valence-electron chi connectivity index (χ1n) is 9.24. The Balaban J connectivity index is 1.86. The molecule has 3 aromatic rings. The fourth-order valence-corrected chi connectivity index (χ4v) is 3.22. The van der Waals surface area contributed by atoms with Crippen molar-refractivity contribution in [1.29, 1.82) is 0 Å². The molecule has 0 fully saturated rings. The third-order valence-corrected chi connectivity index (χ3v) is 4.60. The van der Waals surface area contributed by atoms with Gasteiger partial charge in [0, 0.05) is 34.3 Å². The van der Waals surface area contributed by atoms with E-state index in [1.807, 2.05) is 0 Å². The van der Waals surface area contributed by atoms with E-state index in [2.05, 4.69) is 5.32 Å². The van der Waals surface area contributed by atoms with Crippen LogP contribution in [0.25, 0.3) is 10.8 Å². The standard InChI is InChI=1S/C22H24N2O5/c1-14(25)13-24-10-9-17-18(22(24)27)5-4-6-19(17)23-21(26)11-15-7-8-16(28-2)12-20(15)29-3/h4-10,12,14,25H,11,13H2,1-3H3,(H,23,26). The Hall–Kier alpha value is -3.32. The van der Waals surface area contributed by atoms with Crippen LogP contribution in [0.3, 0.4) is 0 Å². The number of carbonyl (C=O) groups is 1. The van der Waals surface area contributed by atoms with Crippen molar-refractivity contribution in [3.05, 3.63) is 64.6 Å². The van der Waals surface area contributed by atoms with Crippen LogP contribution in [0.1, 0.15) is 12.5 Å². The van der Waals surface area contributed by atoms with Gasteiger partial charge in [-0.3, -0.25) is 9.59 Å². The summed E-state index contributed by atoms with van der Waals surface area (Å²) in [7, 11) is 3.11. The number of fused-ring (bicyclic) bond motifs is 1. The Morgan fingerprint density at radius 3 is 2.62 bits per heavy atom. The third kappa shape index (κ3) is 4.57. The van der Waals surface area contributed by atoms with Gasteiger partial charge in [-0.05, 0) is 31.2 Å². The van der Waals surface area contributed by atoms with Gasteiger partial charge in [-0.1, -0.05) is 12.1 Å². The summed E-state index contributed by atoms with van der Waals surface area (Å²) in [5, 5.41) is 13.6. The molecule has 7 heteroatoms. The molecule has 152 valence electrons. The third-order valence-electron chi connectivity index (χ3n) is 4.60. The number of aromatic nitrogens is 1. The summed E-state index contributed by atoms with van der Waals surface area (Å²) in [5.41, 5.74) is 1.07. The van der Waals surface area contributed by atoms with Crippen LogP contribution in [-0.4, -0.2) is 35.9 Å². The Morgan fingerprint density at radius 1 is 1.14 bits per heavy atom. The monoisotopic (exact) mass is 396 g/mol. The molecule has 29 heavy (non-hydrogen) atoms. The van der Waals surface area contributed by atoms with Gasteiger partial charge in [0.25, 0.3) is 5.56 Å². The van der Waals surface area contributed by atoms with Crippen LogP contribution in [0.15, 0.2) is 53.5 Å². The SMILES string of the molecule is COc1ccc(CC(=O)Nc2cccc3c(=O)n(CC(C)O)ccc23)c(OC)c1. The second kappa shape index (κ2) is 8.79. The van der Waals surface area contributed by atoms with E-state index < -0.39 is 6.10 Å². The number of nitrogens with zero attached hydrogens (tertiary/aromatic N) is 1. The van der Waals surface area contributed by atoms with Gasteiger partial charge in [0.05, 0.1) is 33.3 Å². The van der Waals surface area contributed by atoms with E-state index in [0.29, 0.717) is 28.0 Å². The topological polar surface area (TPSA) is 89.8 Å². The van der Waals surface area contributed by atoms with Crippen molar-refractivity contribution in [2.24, 2.45) is 0 Å². The van der Waals surface area contributed by atoms with Crippen LogP contribution in [-0.2, 0) is 17.8 Å². The van der Waals surface area contributed by atoms with Crippen LogP contribution in [0.2, 0.25) is 0 Å². The lowest BCUT2D eigenvalue weighted by atomic mass is 10.1. The Morgan fingerprint density at radius 2 is 1.93 bits per heavy atom. The minimum Gasteiger partial charge on any atom is -0.497 e. The fourth-order valence-electron chi connectivity index (χ4n) is 3.22. The molecule has 2 N–H and O–H groups in total. The molecule has 0 aliphatic carbocycles. The number of rotatable bonds is 7. The summed E-state index contributed by atoms with van der Waals surface area (Å²) < 4.78 is 12.0. The van der Waals surface area contributed by atoms with Crippen molar-refractivity contribution in [3.63, 3.8) is 0 Å². The summed E-state index contributed by atoms with van der Waals surface area (Å²) in [6.07, 6.45) is 1.11. The molecule has 1 atom stereocenters. The number of benzene rings is 2. The predicted molar refractivity (Wildman–Crippen MR) is 112 cm³/mol. The number of hydrogen-bond acceptors (Lipinski definition) is 5. The van der Waals surface area contributed by atoms with E-state index >= 15 is 0 Å². The lowest BCUT2D eigenvalue weighted by molar-refractivity contribution is -0.115. The largest absolute Gasteiger partial charge is 0.497 e. The summed E-state index contributed by atoms with van der Waals surface area (Å²) in [5.74, 6) is 0.987. The Bertz CT molecular complexity index is 1090. The van der Waals surface area contributed by atoms with Crippen LogP contribution in [0.4, 0.5) is 5.69 Å². The number of methoxy groups -OCH3 is 2. The Labute approximate surface area is 168 Å². The molecular weight excluding hydrogens is 372 g/mol. The summed E-state index contributed by atoms with van der Waals surface area (Å²) in [6.45, 7) is 1.84. The molecule has 0 radical (unpaired) electrons. The molecule has 0 saturated carbocycles. The number of carbonyl (C=O) groups excluding carboxylic acids is 1. The van der Waals surface area contributed by atoms with Gasteiger partial charge in [0.15, 0.2) is 0 Å². The second-order valence-electron chi connectivity index (χ2n) is 6.79. The van der Waals surface area contributed by atoms with E-state index in [4.69, 9.17) is 9.47 Å². The number of ether oxygens (including phenoxy) is 2. The molecule has 0 aliphatic rings. The van der Waals surface area contributed by atoms with Crippen LogP contribution >= 0.6 is 0 Å². The molecule has 1 amide bonds. The van der Waals surface area contributed by atoms with E-state index in [1.54, 1.807) is 69.8 Å². The van der Waals surface area contributed by atoms with E-state index in [1.165, 1.54) is 4.57 Å². The van der Waals surface area contributed by atoms with E-state index in [0.717, 1.165) is 5.56 Å². The average molecular weight is 396 g/mol. The van der Waals surface area contributed by atoms with Crippen molar-refractivity contribution >= 4 is 22.4 Å². The van der Waals surface area contributed by atoms with E-state index in [-0.39, 0.29) is 24.4 Å². The van der Waals surface area contributed by atoms with Crippen molar-refractivity contribution in [2.75, 3.05) is 19.5 Å². The van der Waals surface area contributed by atoms with Gasteiger partial charge in [-0.25, -0.2) is 0 Å². The Kier molecular flexibility index (Phi) is 6.19.